The fourth-order valence-electron chi connectivity index (χ4n) is 0.950. The second-order valence-corrected chi connectivity index (χ2v) is 4.13. The molecule has 0 fully saturated rings. The van der Waals surface area contributed by atoms with Crippen LogP contribution in [-0.2, 0) is 4.79 Å². The van der Waals surface area contributed by atoms with Gasteiger partial charge in [-0.25, -0.2) is 9.78 Å². The predicted molar refractivity (Wildman–Crippen MR) is 60.9 cm³/mol. The Kier molecular flexibility index (Phi) is 4.49. The van der Waals surface area contributed by atoms with Gasteiger partial charge in [0.1, 0.15) is 5.02 Å². The zero-order valence-electron chi connectivity index (χ0n) is 8.48. The van der Waals surface area contributed by atoms with Gasteiger partial charge in [0.2, 0.25) is 0 Å². The fourth-order valence-corrected chi connectivity index (χ4v) is 1.63. The summed E-state index contributed by atoms with van der Waals surface area (Å²) in [6.07, 6.45) is -5.20. The molecule has 5 nitrogen and oxygen atoms in total. The topological polar surface area (TPSA) is 79.3 Å². The van der Waals surface area contributed by atoms with Gasteiger partial charge in [-0.2, -0.15) is 13.2 Å². The number of carbonyl (C=O) groups excluding carboxylic acids is 1. The molecule has 11 heteroatoms. The van der Waals surface area contributed by atoms with E-state index in [1.54, 1.807) is 0 Å². The molecule has 2 N–H and O–H groups in total. The average Bonchev–Trinajstić information content (AvgIpc) is 2.27. The summed E-state index contributed by atoms with van der Waals surface area (Å²) in [5, 5.41) is 8.08. The summed E-state index contributed by atoms with van der Waals surface area (Å²) < 4.78 is 36.3. The molecule has 0 aliphatic carbocycles. The molecule has 0 bridgehead atoms. The van der Waals surface area contributed by atoms with Gasteiger partial charge in [-0.05, 0) is 0 Å². The Morgan fingerprint density at radius 2 is 1.68 bits per heavy atom. The van der Waals surface area contributed by atoms with Crippen molar-refractivity contribution in [3.63, 3.8) is 0 Å². The van der Waals surface area contributed by atoms with Gasteiger partial charge in [0.15, 0.2) is 10.8 Å². The number of anilines is 1. The van der Waals surface area contributed by atoms with Gasteiger partial charge >= 0.3 is 18.1 Å². The van der Waals surface area contributed by atoms with Gasteiger partial charge in [0.25, 0.3) is 0 Å². The molecule has 0 aliphatic rings. The highest BCUT2D eigenvalue weighted by Gasteiger charge is 2.39. The lowest BCUT2D eigenvalue weighted by Crippen LogP contribution is -2.30. The summed E-state index contributed by atoms with van der Waals surface area (Å²) in [4.78, 5) is 24.8. The Balaban J connectivity index is 3.35. The molecule has 1 amide bonds. The van der Waals surface area contributed by atoms with Crippen LogP contribution >= 0.6 is 34.8 Å². The highest BCUT2D eigenvalue weighted by molar-refractivity contribution is 6.46. The molecular weight excluding hydrogens is 335 g/mol. The maximum absolute atomic E-state index is 12.1. The lowest BCUT2D eigenvalue weighted by atomic mass is 10.3. The Hall–Kier alpha value is -1.25. The number of halogens is 6. The lowest BCUT2D eigenvalue weighted by Gasteiger charge is -2.12. The molecule has 0 saturated heterocycles. The molecule has 1 heterocycles. The Morgan fingerprint density at radius 3 is 2.11 bits per heavy atom. The molecular formula is C8H2Cl3F3N2O3. The predicted octanol–water partition coefficient (Wildman–Crippen LogP) is 3.24. The number of amides is 1. The third-order valence-corrected chi connectivity index (χ3v) is 2.84. The molecule has 0 aliphatic heterocycles. The Morgan fingerprint density at radius 1 is 1.16 bits per heavy atom. The third-order valence-electron chi connectivity index (χ3n) is 1.74. The van der Waals surface area contributed by atoms with Crippen molar-refractivity contribution in [2.75, 3.05) is 5.32 Å². The first-order valence-electron chi connectivity index (χ1n) is 4.21. The van der Waals surface area contributed by atoms with Gasteiger partial charge in [0, 0.05) is 0 Å². The van der Waals surface area contributed by atoms with Crippen LogP contribution in [0.4, 0.5) is 18.9 Å². The van der Waals surface area contributed by atoms with Crippen molar-refractivity contribution in [1.29, 1.82) is 0 Å². The third kappa shape index (κ3) is 3.40. The molecule has 0 atom stereocenters. The van der Waals surface area contributed by atoms with Gasteiger partial charge in [-0.1, -0.05) is 34.8 Å². The van der Waals surface area contributed by atoms with Crippen molar-refractivity contribution in [2.24, 2.45) is 0 Å². The van der Waals surface area contributed by atoms with E-state index in [2.05, 4.69) is 4.98 Å². The molecule has 0 saturated carbocycles. The van der Waals surface area contributed by atoms with Crippen molar-refractivity contribution >= 4 is 52.4 Å². The van der Waals surface area contributed by atoms with E-state index in [1.165, 1.54) is 5.32 Å². The molecule has 0 spiro atoms. The summed E-state index contributed by atoms with van der Waals surface area (Å²) in [6, 6.07) is 0. The monoisotopic (exact) mass is 336 g/mol. The molecule has 1 aromatic rings. The van der Waals surface area contributed by atoms with E-state index < -0.39 is 44.6 Å². The lowest BCUT2D eigenvalue weighted by molar-refractivity contribution is -0.167. The van der Waals surface area contributed by atoms with E-state index in [0.717, 1.165) is 0 Å². The fraction of sp³-hybridized carbons (Fsp3) is 0.125. The largest absolute Gasteiger partial charge is 0.476 e. The number of rotatable bonds is 2. The van der Waals surface area contributed by atoms with Crippen LogP contribution in [0.5, 0.6) is 0 Å². The number of alkyl halides is 3. The van der Waals surface area contributed by atoms with Crippen molar-refractivity contribution in [2.45, 2.75) is 6.18 Å². The number of carboxylic acids is 1. The zero-order chi connectivity index (χ0) is 15.0. The second-order valence-electron chi connectivity index (χ2n) is 3.01. The minimum Gasteiger partial charge on any atom is -0.476 e. The standard InChI is InChI=1S/C8H2Cl3F3N2O3/c9-1-3(16-7(19)8(12,13)14)2(10)5(11)15-4(1)6(17)18/h(H,17,18)(H,15,16,19). The minimum atomic E-state index is -5.20. The highest BCUT2D eigenvalue weighted by atomic mass is 35.5. The summed E-state index contributed by atoms with van der Waals surface area (Å²) in [6.45, 7) is 0. The van der Waals surface area contributed by atoms with E-state index >= 15 is 0 Å². The normalized spacial score (nSPS) is 11.3. The number of aromatic carboxylic acids is 1. The summed E-state index contributed by atoms with van der Waals surface area (Å²) in [5.74, 6) is -4.03. The first-order valence-corrected chi connectivity index (χ1v) is 5.35. The van der Waals surface area contributed by atoms with Crippen molar-refractivity contribution in [1.82, 2.24) is 4.98 Å². The number of nitrogens with one attached hydrogen (secondary N) is 1. The van der Waals surface area contributed by atoms with E-state index in [0.29, 0.717) is 0 Å². The average molecular weight is 337 g/mol. The van der Waals surface area contributed by atoms with Crippen molar-refractivity contribution in [3.8, 4) is 0 Å². The highest BCUT2D eigenvalue weighted by Crippen LogP contribution is 2.37. The first-order chi connectivity index (χ1) is 8.55. The maximum Gasteiger partial charge on any atom is 0.471 e. The zero-order valence-corrected chi connectivity index (χ0v) is 10.7. The van der Waals surface area contributed by atoms with E-state index in [1.807, 2.05) is 0 Å². The SMILES string of the molecule is O=C(O)c1nc(Cl)c(Cl)c(NC(=O)C(F)(F)F)c1Cl. The number of pyridine rings is 1. The van der Waals surface area contributed by atoms with E-state index in [-0.39, 0.29) is 0 Å². The van der Waals surface area contributed by atoms with Crippen LogP contribution in [0.1, 0.15) is 10.5 Å². The number of carboxylic acid groups (broad SMARTS) is 1. The number of carbonyl (C=O) groups is 2. The quantitative estimate of drug-likeness (QED) is 0.812. The van der Waals surface area contributed by atoms with Gasteiger partial charge < -0.3 is 10.4 Å². The molecule has 1 aromatic heterocycles. The van der Waals surface area contributed by atoms with Crippen LogP contribution in [0.15, 0.2) is 0 Å². The molecule has 104 valence electrons. The smallest absolute Gasteiger partial charge is 0.471 e. The van der Waals surface area contributed by atoms with Crippen molar-refractivity contribution < 1.29 is 27.9 Å². The summed E-state index contributed by atoms with van der Waals surface area (Å²) in [5.41, 5.74) is -1.61. The second kappa shape index (κ2) is 5.40. The molecule has 0 aromatic carbocycles. The number of nitrogens with zero attached hydrogens (tertiary/aromatic N) is 1. The van der Waals surface area contributed by atoms with E-state index in [4.69, 9.17) is 39.9 Å². The van der Waals surface area contributed by atoms with Crippen LogP contribution < -0.4 is 5.32 Å². The van der Waals surface area contributed by atoms with E-state index in [9.17, 15) is 22.8 Å². The number of aromatic nitrogens is 1. The summed E-state index contributed by atoms with van der Waals surface area (Å²) in [7, 11) is 0. The van der Waals surface area contributed by atoms with Crippen LogP contribution in [0.2, 0.25) is 15.2 Å². The van der Waals surface area contributed by atoms with Gasteiger partial charge in [-0.15, -0.1) is 0 Å². The summed E-state index contributed by atoms with van der Waals surface area (Å²) >= 11 is 16.5. The van der Waals surface area contributed by atoms with Crippen molar-refractivity contribution in [3.05, 3.63) is 20.9 Å². The maximum atomic E-state index is 12.1. The molecule has 1 rings (SSSR count). The van der Waals surface area contributed by atoms with Crippen LogP contribution in [0.25, 0.3) is 0 Å². The Labute approximate surface area is 118 Å². The van der Waals surface area contributed by atoms with Gasteiger partial charge in [-0.3, -0.25) is 4.79 Å². The van der Waals surface area contributed by atoms with Crippen LogP contribution in [0, 0.1) is 0 Å². The first kappa shape index (κ1) is 15.8. The van der Waals surface area contributed by atoms with Crippen LogP contribution in [-0.4, -0.2) is 28.1 Å². The number of hydrogen-bond acceptors (Lipinski definition) is 3. The minimum absolute atomic E-state index is 0.603. The molecule has 0 radical (unpaired) electrons. The van der Waals surface area contributed by atoms with Gasteiger partial charge in [0.05, 0.1) is 10.7 Å². The molecule has 19 heavy (non-hydrogen) atoms. The Bertz CT molecular complexity index is 562. The molecule has 0 unspecified atom stereocenters. The van der Waals surface area contributed by atoms with Crippen LogP contribution in [0.3, 0.4) is 0 Å². The number of hydrogen-bond donors (Lipinski definition) is 2.